The fourth-order valence-electron chi connectivity index (χ4n) is 3.05. The number of anilines is 1. The molecule has 2 aromatic rings. The van der Waals surface area contributed by atoms with Gasteiger partial charge in [0, 0.05) is 24.3 Å². The molecule has 0 fully saturated rings. The van der Waals surface area contributed by atoms with Crippen LogP contribution in [-0.2, 0) is 9.53 Å². The molecule has 1 heterocycles. The Kier molecular flexibility index (Phi) is 6.45. The van der Waals surface area contributed by atoms with Crippen molar-refractivity contribution in [2.45, 2.75) is 19.8 Å². The molecule has 0 bridgehead atoms. The highest BCUT2D eigenvalue weighted by Gasteiger charge is 2.21. The van der Waals surface area contributed by atoms with Crippen LogP contribution in [0.2, 0.25) is 0 Å². The molecule has 29 heavy (non-hydrogen) atoms. The van der Waals surface area contributed by atoms with E-state index in [2.05, 4.69) is 12.1 Å². The topological polar surface area (TPSA) is 77.1 Å². The predicted octanol–water partition coefficient (Wildman–Crippen LogP) is 4.61. The first-order valence-corrected chi connectivity index (χ1v) is 9.42. The van der Waals surface area contributed by atoms with E-state index in [9.17, 15) is 4.79 Å². The largest absolute Gasteiger partial charge is 0.422 e. The van der Waals surface area contributed by atoms with E-state index in [1.54, 1.807) is 12.2 Å². The second kappa shape index (κ2) is 9.39. The highest BCUT2D eigenvalue weighted by Crippen LogP contribution is 2.28. The molecule has 0 unspecified atom stereocenters. The van der Waals surface area contributed by atoms with Gasteiger partial charge in [0.2, 0.25) is 0 Å². The zero-order valence-electron chi connectivity index (χ0n) is 16.3. The Balaban J connectivity index is 1.78. The van der Waals surface area contributed by atoms with Crippen LogP contribution in [-0.4, -0.2) is 19.1 Å². The number of rotatable bonds is 7. The Labute approximate surface area is 170 Å². The molecule has 0 spiro atoms. The molecule has 0 saturated heterocycles. The van der Waals surface area contributed by atoms with Crippen LogP contribution in [0, 0.1) is 29.6 Å². The van der Waals surface area contributed by atoms with Crippen LogP contribution in [0.5, 0.6) is 0 Å². The average Bonchev–Trinajstić information content (AvgIpc) is 3.10. The summed E-state index contributed by atoms with van der Waals surface area (Å²) < 4.78 is 5.41. The van der Waals surface area contributed by atoms with E-state index in [-0.39, 0.29) is 5.97 Å². The molecule has 0 aromatic heterocycles. The molecular weight excluding hydrogens is 362 g/mol. The van der Waals surface area contributed by atoms with Gasteiger partial charge in [0.05, 0.1) is 30.6 Å². The molecule has 1 aliphatic rings. The summed E-state index contributed by atoms with van der Waals surface area (Å²) in [5.41, 5.74) is 4.34. The van der Waals surface area contributed by atoms with Crippen LogP contribution >= 0.6 is 0 Å². The Hall–Kier alpha value is -3.83. The maximum absolute atomic E-state index is 12.2. The van der Waals surface area contributed by atoms with Crippen LogP contribution in [0.4, 0.5) is 5.69 Å². The van der Waals surface area contributed by atoms with Gasteiger partial charge < -0.3 is 9.64 Å². The molecule has 1 aliphatic heterocycles. The summed E-state index contributed by atoms with van der Waals surface area (Å²) in [4.78, 5) is 14.2. The molecule has 0 N–H and O–H groups in total. The van der Waals surface area contributed by atoms with Gasteiger partial charge in [-0.25, -0.2) is 4.79 Å². The maximum atomic E-state index is 12.2. The Morgan fingerprint density at radius 3 is 2.17 bits per heavy atom. The lowest BCUT2D eigenvalue weighted by atomic mass is 10.1. The standard InChI is InChI=1S/C24H21N3O2/c1-18-4-8-20(9-5-18)23-17-21(24(28)29-23)16-19-6-10-22(11-7-19)27(14-2-12-25)15-3-13-26/h4-11,16-17H,2-3,14-15H2,1H3/b21-16+. The molecule has 5 nitrogen and oxygen atoms in total. The normalized spacial score (nSPS) is 14.1. The third-order valence-electron chi connectivity index (χ3n) is 4.63. The lowest BCUT2D eigenvalue weighted by Crippen LogP contribution is -2.25. The summed E-state index contributed by atoms with van der Waals surface area (Å²) in [7, 11) is 0. The van der Waals surface area contributed by atoms with Gasteiger partial charge >= 0.3 is 5.97 Å². The summed E-state index contributed by atoms with van der Waals surface area (Å²) in [6, 6.07) is 19.8. The number of hydrogen-bond donors (Lipinski definition) is 0. The van der Waals surface area contributed by atoms with Crippen molar-refractivity contribution in [1.29, 1.82) is 10.5 Å². The molecule has 0 aliphatic carbocycles. The minimum absolute atomic E-state index is 0.366. The lowest BCUT2D eigenvalue weighted by molar-refractivity contribution is -0.130. The summed E-state index contributed by atoms with van der Waals surface area (Å²) in [6.45, 7) is 3.16. The predicted molar refractivity (Wildman–Crippen MR) is 112 cm³/mol. The van der Waals surface area contributed by atoms with Gasteiger partial charge in [0.15, 0.2) is 0 Å². The van der Waals surface area contributed by atoms with Crippen LogP contribution < -0.4 is 4.90 Å². The summed E-state index contributed by atoms with van der Waals surface area (Å²) in [5, 5.41) is 17.7. The van der Waals surface area contributed by atoms with Crippen LogP contribution in [0.25, 0.3) is 11.8 Å². The number of nitrogens with zero attached hydrogens (tertiary/aromatic N) is 3. The fraction of sp³-hybridized carbons (Fsp3) is 0.208. The third kappa shape index (κ3) is 5.12. The summed E-state index contributed by atoms with van der Waals surface area (Å²) in [6.07, 6.45) is 4.35. The number of ether oxygens (including phenoxy) is 1. The highest BCUT2D eigenvalue weighted by atomic mass is 16.5. The van der Waals surface area contributed by atoms with Crippen LogP contribution in [0.15, 0.2) is 60.2 Å². The number of aryl methyl sites for hydroxylation is 1. The van der Waals surface area contributed by atoms with Crippen molar-refractivity contribution in [3.05, 3.63) is 76.9 Å². The van der Waals surface area contributed by atoms with Crippen molar-refractivity contribution in [2.24, 2.45) is 0 Å². The number of benzene rings is 2. The van der Waals surface area contributed by atoms with E-state index >= 15 is 0 Å². The molecule has 5 heteroatoms. The van der Waals surface area contributed by atoms with E-state index in [1.807, 2.05) is 60.4 Å². The van der Waals surface area contributed by atoms with Crippen molar-refractivity contribution in [1.82, 2.24) is 0 Å². The molecule has 0 atom stereocenters. The molecule has 2 aromatic carbocycles. The monoisotopic (exact) mass is 383 g/mol. The van der Waals surface area contributed by atoms with Crippen LogP contribution in [0.1, 0.15) is 29.5 Å². The van der Waals surface area contributed by atoms with Gasteiger partial charge in [-0.1, -0.05) is 42.0 Å². The number of nitriles is 2. The SMILES string of the molecule is Cc1ccc(C2=C/C(=C\c3ccc(N(CCC#N)CCC#N)cc3)C(=O)O2)cc1. The van der Waals surface area contributed by atoms with Gasteiger partial charge in [0.1, 0.15) is 5.76 Å². The fourth-order valence-corrected chi connectivity index (χ4v) is 3.05. The second-order valence-electron chi connectivity index (χ2n) is 6.76. The Bertz CT molecular complexity index is 1000. The van der Waals surface area contributed by atoms with E-state index in [0.29, 0.717) is 37.3 Å². The van der Waals surface area contributed by atoms with E-state index in [0.717, 1.165) is 22.4 Å². The van der Waals surface area contributed by atoms with Gasteiger partial charge in [-0.3, -0.25) is 0 Å². The first-order chi connectivity index (χ1) is 14.1. The van der Waals surface area contributed by atoms with E-state index in [4.69, 9.17) is 15.3 Å². The second-order valence-corrected chi connectivity index (χ2v) is 6.76. The smallest absolute Gasteiger partial charge is 0.343 e. The average molecular weight is 383 g/mol. The first kappa shape index (κ1) is 19.9. The molecular formula is C24H21N3O2. The molecule has 3 rings (SSSR count). The zero-order valence-corrected chi connectivity index (χ0v) is 16.3. The van der Waals surface area contributed by atoms with Crippen molar-refractivity contribution >= 4 is 23.5 Å². The van der Waals surface area contributed by atoms with Crippen molar-refractivity contribution in [3.63, 3.8) is 0 Å². The Morgan fingerprint density at radius 2 is 1.59 bits per heavy atom. The number of esters is 1. The number of carbonyl (C=O) groups excluding carboxylic acids is 1. The summed E-state index contributed by atoms with van der Waals surface area (Å²) in [5.74, 6) is 0.186. The van der Waals surface area contributed by atoms with Crippen LogP contribution in [0.3, 0.4) is 0 Å². The minimum atomic E-state index is -0.366. The quantitative estimate of drug-likeness (QED) is 0.515. The van der Waals surface area contributed by atoms with Gasteiger partial charge in [-0.05, 0) is 36.8 Å². The van der Waals surface area contributed by atoms with Gasteiger partial charge in [-0.15, -0.1) is 0 Å². The number of cyclic esters (lactones) is 1. The van der Waals surface area contributed by atoms with Crippen molar-refractivity contribution < 1.29 is 9.53 Å². The highest BCUT2D eigenvalue weighted by molar-refractivity contribution is 6.05. The molecule has 0 saturated carbocycles. The van der Waals surface area contributed by atoms with Gasteiger partial charge in [-0.2, -0.15) is 10.5 Å². The first-order valence-electron chi connectivity index (χ1n) is 9.42. The van der Waals surface area contributed by atoms with E-state index in [1.165, 1.54) is 0 Å². The van der Waals surface area contributed by atoms with E-state index < -0.39 is 0 Å². The molecule has 0 radical (unpaired) electrons. The zero-order chi connectivity index (χ0) is 20.6. The number of hydrogen-bond acceptors (Lipinski definition) is 5. The number of carbonyl (C=O) groups is 1. The lowest BCUT2D eigenvalue weighted by Gasteiger charge is -2.22. The van der Waals surface area contributed by atoms with Crippen molar-refractivity contribution in [2.75, 3.05) is 18.0 Å². The molecule has 144 valence electrons. The third-order valence-corrected chi connectivity index (χ3v) is 4.63. The van der Waals surface area contributed by atoms with Crippen molar-refractivity contribution in [3.8, 4) is 12.1 Å². The maximum Gasteiger partial charge on any atom is 0.343 e. The Morgan fingerprint density at radius 1 is 0.966 bits per heavy atom. The summed E-state index contributed by atoms with van der Waals surface area (Å²) >= 11 is 0. The van der Waals surface area contributed by atoms with Gasteiger partial charge in [0.25, 0.3) is 0 Å². The minimum Gasteiger partial charge on any atom is -0.422 e. The molecule has 0 amide bonds.